The van der Waals surface area contributed by atoms with Crippen LogP contribution < -0.4 is 5.56 Å². The number of aromatic nitrogens is 2. The number of piperidine rings is 1. The predicted octanol–water partition coefficient (Wildman–Crippen LogP) is 3.36. The third-order valence-electron chi connectivity index (χ3n) is 5.48. The largest absolute Gasteiger partial charge is 0.388 e. The number of rotatable bonds is 5. The second kappa shape index (κ2) is 9.35. The van der Waals surface area contributed by atoms with Crippen LogP contribution in [-0.4, -0.2) is 38.5 Å². The molecule has 2 heterocycles. The van der Waals surface area contributed by atoms with Crippen LogP contribution in [0.4, 0.5) is 0 Å². The quantitative estimate of drug-likeness (QED) is 0.699. The molecule has 3 aromatic rings. The number of halogens is 1. The first-order valence-corrected chi connectivity index (χ1v) is 9.73. The lowest BCUT2D eigenvalue weighted by atomic mass is 9.91. The summed E-state index contributed by atoms with van der Waals surface area (Å²) in [4.78, 5) is 15.2. The normalized spacial score (nSPS) is 16.2. The van der Waals surface area contributed by atoms with Crippen molar-refractivity contribution in [3.63, 3.8) is 0 Å². The maximum atomic E-state index is 12.9. The van der Waals surface area contributed by atoms with Gasteiger partial charge in [-0.15, -0.1) is 12.4 Å². The van der Waals surface area contributed by atoms with Crippen LogP contribution in [0, 0.1) is 0 Å². The van der Waals surface area contributed by atoms with Gasteiger partial charge in [-0.2, -0.15) is 5.10 Å². The Morgan fingerprint density at radius 3 is 2.21 bits per heavy atom. The van der Waals surface area contributed by atoms with Crippen LogP contribution in [0.15, 0.2) is 77.7 Å². The lowest BCUT2D eigenvalue weighted by molar-refractivity contribution is -0.0389. The van der Waals surface area contributed by atoms with E-state index in [4.69, 9.17) is 0 Å². The fourth-order valence-corrected chi connectivity index (χ4v) is 3.81. The van der Waals surface area contributed by atoms with Crippen molar-refractivity contribution >= 4 is 12.4 Å². The van der Waals surface area contributed by atoms with Gasteiger partial charge in [0.25, 0.3) is 5.56 Å². The molecule has 0 amide bonds. The molecule has 0 spiro atoms. The summed E-state index contributed by atoms with van der Waals surface area (Å²) in [6.45, 7) is 2.72. The van der Waals surface area contributed by atoms with Crippen LogP contribution in [-0.2, 0) is 13.1 Å². The third-order valence-corrected chi connectivity index (χ3v) is 5.48. The standard InChI is InChI=1S/C23H25N3O2.ClH/c27-22-21(20-9-5-2-6-10-20)11-14-24-26(22)18-23(28)12-15-25(16-13-23)17-19-7-3-1-4-8-19;/h1-11,14,28H,12-13,15-18H2;1H. The average Bonchev–Trinajstić information content (AvgIpc) is 2.73. The Bertz CT molecular complexity index is 968. The van der Waals surface area contributed by atoms with E-state index in [1.54, 1.807) is 12.3 Å². The Kier molecular flexibility index (Phi) is 6.85. The van der Waals surface area contributed by atoms with Crippen LogP contribution >= 0.6 is 12.4 Å². The number of aliphatic hydroxyl groups is 1. The molecular weight excluding hydrogens is 386 g/mol. The second-order valence-corrected chi connectivity index (χ2v) is 7.56. The molecule has 152 valence electrons. The Hall–Kier alpha value is -2.47. The van der Waals surface area contributed by atoms with Gasteiger partial charge in [0.05, 0.1) is 17.7 Å². The van der Waals surface area contributed by atoms with Crippen LogP contribution in [0.25, 0.3) is 11.1 Å². The molecule has 1 fully saturated rings. The van der Waals surface area contributed by atoms with Gasteiger partial charge in [-0.3, -0.25) is 9.69 Å². The van der Waals surface area contributed by atoms with Gasteiger partial charge in [-0.05, 0) is 30.0 Å². The molecule has 2 aromatic carbocycles. The Labute approximate surface area is 177 Å². The van der Waals surface area contributed by atoms with Gasteiger partial charge in [0.1, 0.15) is 0 Å². The van der Waals surface area contributed by atoms with Crippen molar-refractivity contribution < 1.29 is 5.11 Å². The van der Waals surface area contributed by atoms with E-state index in [0.717, 1.165) is 25.2 Å². The van der Waals surface area contributed by atoms with E-state index in [1.165, 1.54) is 10.2 Å². The number of likely N-dealkylation sites (tertiary alicyclic amines) is 1. The van der Waals surface area contributed by atoms with Crippen molar-refractivity contribution in [1.82, 2.24) is 14.7 Å². The van der Waals surface area contributed by atoms with Gasteiger partial charge in [-0.1, -0.05) is 60.7 Å². The summed E-state index contributed by atoms with van der Waals surface area (Å²) < 4.78 is 1.41. The summed E-state index contributed by atoms with van der Waals surface area (Å²) in [7, 11) is 0. The fourth-order valence-electron chi connectivity index (χ4n) is 3.81. The highest BCUT2D eigenvalue weighted by atomic mass is 35.5. The Morgan fingerprint density at radius 2 is 1.55 bits per heavy atom. The van der Waals surface area contributed by atoms with Crippen molar-refractivity contribution in [3.8, 4) is 11.1 Å². The molecule has 6 heteroatoms. The van der Waals surface area contributed by atoms with Crippen molar-refractivity contribution in [3.05, 3.63) is 88.8 Å². The monoisotopic (exact) mass is 411 g/mol. The molecule has 5 nitrogen and oxygen atoms in total. The lowest BCUT2D eigenvalue weighted by Crippen LogP contribution is -2.48. The molecule has 0 atom stereocenters. The molecule has 0 bridgehead atoms. The second-order valence-electron chi connectivity index (χ2n) is 7.56. The molecule has 29 heavy (non-hydrogen) atoms. The van der Waals surface area contributed by atoms with Crippen LogP contribution in [0.5, 0.6) is 0 Å². The molecule has 1 aliphatic rings. The van der Waals surface area contributed by atoms with E-state index in [1.807, 2.05) is 48.5 Å². The molecule has 4 rings (SSSR count). The zero-order chi connectivity index (χ0) is 19.4. The van der Waals surface area contributed by atoms with Crippen molar-refractivity contribution in [2.45, 2.75) is 31.5 Å². The van der Waals surface area contributed by atoms with E-state index in [2.05, 4.69) is 22.1 Å². The van der Waals surface area contributed by atoms with Gasteiger partial charge < -0.3 is 5.11 Å². The summed E-state index contributed by atoms with van der Waals surface area (Å²) in [6.07, 6.45) is 2.89. The molecule has 0 unspecified atom stereocenters. The maximum Gasteiger partial charge on any atom is 0.274 e. The molecule has 1 aliphatic heterocycles. The molecule has 1 aromatic heterocycles. The number of nitrogens with zero attached hydrogens (tertiary/aromatic N) is 3. The SMILES string of the molecule is Cl.O=c1c(-c2ccccc2)ccnn1CC1(O)CCN(Cc2ccccc2)CC1. The minimum Gasteiger partial charge on any atom is -0.388 e. The van der Waals surface area contributed by atoms with E-state index in [-0.39, 0.29) is 24.5 Å². The molecule has 1 N–H and O–H groups in total. The summed E-state index contributed by atoms with van der Waals surface area (Å²) >= 11 is 0. The zero-order valence-electron chi connectivity index (χ0n) is 16.3. The summed E-state index contributed by atoms with van der Waals surface area (Å²) in [5.41, 5.74) is 1.70. The molecule has 1 saturated heterocycles. The lowest BCUT2D eigenvalue weighted by Gasteiger charge is -2.38. The topological polar surface area (TPSA) is 58.4 Å². The van der Waals surface area contributed by atoms with E-state index >= 15 is 0 Å². The zero-order valence-corrected chi connectivity index (χ0v) is 17.1. The molecule has 0 radical (unpaired) electrons. The average molecular weight is 412 g/mol. The molecule has 0 saturated carbocycles. The van der Waals surface area contributed by atoms with Crippen LogP contribution in [0.2, 0.25) is 0 Å². The van der Waals surface area contributed by atoms with Crippen molar-refractivity contribution in [1.29, 1.82) is 0 Å². The Morgan fingerprint density at radius 1 is 0.931 bits per heavy atom. The maximum absolute atomic E-state index is 12.9. The highest BCUT2D eigenvalue weighted by molar-refractivity contribution is 5.85. The predicted molar refractivity (Wildman–Crippen MR) is 117 cm³/mol. The first-order valence-electron chi connectivity index (χ1n) is 9.73. The number of hydrogen-bond acceptors (Lipinski definition) is 4. The fraction of sp³-hybridized carbons (Fsp3) is 0.304. The molecule has 0 aliphatic carbocycles. The van der Waals surface area contributed by atoms with E-state index in [9.17, 15) is 9.90 Å². The first kappa shape index (κ1) is 21.2. The number of hydrogen-bond donors (Lipinski definition) is 1. The van der Waals surface area contributed by atoms with E-state index < -0.39 is 5.60 Å². The minimum atomic E-state index is -0.903. The van der Waals surface area contributed by atoms with Crippen molar-refractivity contribution in [2.24, 2.45) is 0 Å². The van der Waals surface area contributed by atoms with E-state index in [0.29, 0.717) is 18.4 Å². The summed E-state index contributed by atoms with van der Waals surface area (Å²) in [5, 5.41) is 15.3. The highest BCUT2D eigenvalue weighted by Gasteiger charge is 2.33. The molecular formula is C23H26ClN3O2. The van der Waals surface area contributed by atoms with Gasteiger partial charge in [-0.25, -0.2) is 4.68 Å². The minimum absolute atomic E-state index is 0. The Balaban J connectivity index is 0.00000240. The van der Waals surface area contributed by atoms with Gasteiger partial charge in [0.2, 0.25) is 0 Å². The highest BCUT2D eigenvalue weighted by Crippen LogP contribution is 2.25. The summed E-state index contributed by atoms with van der Waals surface area (Å²) in [5.74, 6) is 0. The van der Waals surface area contributed by atoms with Crippen LogP contribution in [0.1, 0.15) is 18.4 Å². The third kappa shape index (κ3) is 5.12. The van der Waals surface area contributed by atoms with Crippen LogP contribution in [0.3, 0.4) is 0 Å². The smallest absolute Gasteiger partial charge is 0.274 e. The van der Waals surface area contributed by atoms with Crippen molar-refractivity contribution in [2.75, 3.05) is 13.1 Å². The van der Waals surface area contributed by atoms with Gasteiger partial charge >= 0.3 is 0 Å². The summed E-state index contributed by atoms with van der Waals surface area (Å²) in [6, 6.07) is 21.7. The van der Waals surface area contributed by atoms with Gasteiger partial charge in [0.15, 0.2) is 0 Å². The van der Waals surface area contributed by atoms with Gasteiger partial charge in [0, 0.05) is 25.8 Å². The first-order chi connectivity index (χ1) is 13.6. The number of benzene rings is 2.